The second kappa shape index (κ2) is 9.13. The highest BCUT2D eigenvalue weighted by atomic mass is 35.5. The van der Waals surface area contributed by atoms with Crippen LogP contribution in [0.2, 0.25) is 5.02 Å². The summed E-state index contributed by atoms with van der Waals surface area (Å²) in [5.41, 5.74) is 1.14. The number of nitriles is 1. The molecule has 0 aliphatic carbocycles. The number of urea groups is 1. The van der Waals surface area contributed by atoms with E-state index in [1.807, 2.05) is 6.07 Å². The number of carbonyl (C=O) groups excluding carboxylic acids is 1. The Morgan fingerprint density at radius 1 is 1.20 bits per heavy atom. The van der Waals surface area contributed by atoms with Gasteiger partial charge in [-0.1, -0.05) is 17.7 Å². The van der Waals surface area contributed by atoms with Gasteiger partial charge in [0.05, 0.1) is 22.3 Å². The molecule has 3 heterocycles. The number of nitrogens with zero attached hydrogens (tertiary/aromatic N) is 4. The summed E-state index contributed by atoms with van der Waals surface area (Å²) in [4.78, 5) is 20.4. The summed E-state index contributed by atoms with van der Waals surface area (Å²) in [5, 5.41) is 16.0. The van der Waals surface area contributed by atoms with Crippen LogP contribution in [0.3, 0.4) is 0 Å². The van der Waals surface area contributed by atoms with E-state index in [-0.39, 0.29) is 23.5 Å². The van der Waals surface area contributed by atoms with Crippen LogP contribution in [-0.4, -0.2) is 37.2 Å². The molecule has 1 saturated heterocycles. The number of anilines is 4. The summed E-state index contributed by atoms with van der Waals surface area (Å²) in [6.45, 7) is 4.20. The van der Waals surface area contributed by atoms with Crippen molar-refractivity contribution in [2.75, 3.05) is 41.3 Å². The molecular formula is C25H21ClF2N6O. The zero-order valence-corrected chi connectivity index (χ0v) is 19.5. The Hall–Kier alpha value is -3.74. The quantitative estimate of drug-likeness (QED) is 0.504. The fourth-order valence-corrected chi connectivity index (χ4v) is 4.47. The number of hydrogen-bond acceptors (Lipinski definition) is 5. The van der Waals surface area contributed by atoms with E-state index in [0.717, 1.165) is 18.0 Å². The molecule has 1 aromatic heterocycles. The van der Waals surface area contributed by atoms with E-state index in [2.05, 4.69) is 15.6 Å². The number of carbonyl (C=O) groups is 1. The molecule has 3 aromatic rings. The SMILES string of the molecule is CCN1C(=O)N(c2c(F)cc(NCC3CNC3)cc2F)c2cc(C#N)ccc2-c2cc(Cl)cnc21. The molecular weight excluding hydrogens is 474 g/mol. The molecule has 5 rings (SSSR count). The van der Waals surface area contributed by atoms with Crippen molar-refractivity contribution in [1.82, 2.24) is 10.3 Å². The first-order chi connectivity index (χ1) is 16.9. The zero-order chi connectivity index (χ0) is 24.7. The number of nitrogens with one attached hydrogen (secondary N) is 2. The van der Waals surface area contributed by atoms with Crippen LogP contribution in [0.15, 0.2) is 42.6 Å². The molecule has 0 unspecified atom stereocenters. The summed E-state index contributed by atoms with van der Waals surface area (Å²) in [5.74, 6) is -1.12. The average Bonchev–Trinajstić information content (AvgIpc) is 2.90. The van der Waals surface area contributed by atoms with Crippen molar-refractivity contribution < 1.29 is 13.6 Å². The Labute approximate surface area is 205 Å². The van der Waals surface area contributed by atoms with Gasteiger partial charge in [0, 0.05) is 55.1 Å². The molecule has 0 saturated carbocycles. The van der Waals surface area contributed by atoms with Crippen molar-refractivity contribution in [3.8, 4) is 17.2 Å². The Bertz CT molecular complexity index is 1350. The van der Waals surface area contributed by atoms with E-state index in [4.69, 9.17) is 11.6 Å². The number of hydrogen-bond donors (Lipinski definition) is 2. The second-order valence-electron chi connectivity index (χ2n) is 8.42. The van der Waals surface area contributed by atoms with E-state index in [1.54, 1.807) is 25.1 Å². The fraction of sp³-hybridized carbons (Fsp3) is 0.240. The minimum absolute atomic E-state index is 0.161. The number of amides is 2. The number of benzene rings is 2. The number of aromatic nitrogens is 1. The molecule has 2 amide bonds. The van der Waals surface area contributed by atoms with Crippen molar-refractivity contribution in [2.24, 2.45) is 5.92 Å². The first kappa shape index (κ1) is 23.0. The van der Waals surface area contributed by atoms with Crippen molar-refractivity contribution in [3.63, 3.8) is 0 Å². The van der Waals surface area contributed by atoms with Gasteiger partial charge in [-0.05, 0) is 37.3 Å². The third-order valence-electron chi connectivity index (χ3n) is 6.19. The van der Waals surface area contributed by atoms with Crippen LogP contribution in [0.1, 0.15) is 12.5 Å². The van der Waals surface area contributed by atoms with E-state index in [1.165, 1.54) is 29.3 Å². The molecule has 1 fully saturated rings. The van der Waals surface area contributed by atoms with E-state index in [0.29, 0.717) is 34.4 Å². The Kier molecular flexibility index (Phi) is 6.01. The summed E-state index contributed by atoms with van der Waals surface area (Å²) in [6.07, 6.45) is 1.41. The van der Waals surface area contributed by atoms with Gasteiger partial charge in [0.15, 0.2) is 11.6 Å². The highest BCUT2D eigenvalue weighted by Crippen LogP contribution is 2.45. The van der Waals surface area contributed by atoms with Gasteiger partial charge in [0.1, 0.15) is 11.5 Å². The summed E-state index contributed by atoms with van der Waals surface area (Å²) < 4.78 is 31.0. The Balaban J connectivity index is 1.68. The fourth-order valence-electron chi connectivity index (χ4n) is 4.31. The summed E-state index contributed by atoms with van der Waals surface area (Å²) in [6, 6.07) is 9.96. The molecule has 2 N–H and O–H groups in total. The van der Waals surface area contributed by atoms with Crippen LogP contribution in [0.5, 0.6) is 0 Å². The smallest absolute Gasteiger partial charge is 0.334 e. The Morgan fingerprint density at radius 2 is 1.94 bits per heavy atom. The largest absolute Gasteiger partial charge is 0.384 e. The maximum absolute atomic E-state index is 15.5. The van der Waals surface area contributed by atoms with Crippen molar-refractivity contribution in [2.45, 2.75) is 6.92 Å². The molecule has 2 aliphatic rings. The molecule has 7 nitrogen and oxygen atoms in total. The molecule has 35 heavy (non-hydrogen) atoms. The van der Waals surface area contributed by atoms with Gasteiger partial charge in [-0.3, -0.25) is 9.80 Å². The van der Waals surface area contributed by atoms with E-state index < -0.39 is 23.4 Å². The molecule has 0 atom stereocenters. The molecule has 0 bridgehead atoms. The van der Waals surface area contributed by atoms with Gasteiger partial charge < -0.3 is 10.6 Å². The topological polar surface area (TPSA) is 84.3 Å². The third kappa shape index (κ3) is 4.05. The van der Waals surface area contributed by atoms with Crippen LogP contribution in [0.25, 0.3) is 11.1 Å². The van der Waals surface area contributed by atoms with Crippen LogP contribution >= 0.6 is 11.6 Å². The molecule has 2 aliphatic heterocycles. The minimum atomic E-state index is -0.908. The number of pyridine rings is 1. The average molecular weight is 495 g/mol. The first-order valence-electron chi connectivity index (χ1n) is 11.2. The number of rotatable bonds is 5. The predicted octanol–water partition coefficient (Wildman–Crippen LogP) is 5.28. The number of halogens is 3. The first-order valence-corrected chi connectivity index (χ1v) is 11.5. The highest BCUT2D eigenvalue weighted by Gasteiger charge is 2.36. The minimum Gasteiger partial charge on any atom is -0.384 e. The Morgan fingerprint density at radius 3 is 2.57 bits per heavy atom. The van der Waals surface area contributed by atoms with Gasteiger partial charge in [-0.15, -0.1) is 0 Å². The standard InChI is InChI=1S/C25H21ClF2N6O/c1-2-33-24-19(6-16(26)13-32-24)18-4-3-14(9-29)5-22(18)34(25(33)35)23-20(27)7-17(8-21(23)28)31-12-15-10-30-11-15/h3-8,13,15,30-31H,2,10-12H2,1H3. The van der Waals surface area contributed by atoms with E-state index >= 15 is 8.78 Å². The predicted molar refractivity (Wildman–Crippen MR) is 131 cm³/mol. The molecule has 10 heteroatoms. The van der Waals surface area contributed by atoms with Gasteiger partial charge in [0.2, 0.25) is 0 Å². The normalized spacial score (nSPS) is 15.1. The van der Waals surface area contributed by atoms with Crippen LogP contribution in [0, 0.1) is 28.9 Å². The second-order valence-corrected chi connectivity index (χ2v) is 8.86. The lowest BCUT2D eigenvalue weighted by Crippen LogP contribution is -2.45. The van der Waals surface area contributed by atoms with Crippen molar-refractivity contribution in [1.29, 1.82) is 5.26 Å². The number of fused-ring (bicyclic) bond motifs is 3. The maximum Gasteiger partial charge on any atom is 0.334 e. The third-order valence-corrected chi connectivity index (χ3v) is 6.39. The van der Waals surface area contributed by atoms with Crippen molar-refractivity contribution >= 4 is 40.5 Å². The van der Waals surface area contributed by atoms with Crippen LogP contribution < -0.4 is 20.4 Å². The van der Waals surface area contributed by atoms with Crippen LogP contribution in [-0.2, 0) is 0 Å². The lowest BCUT2D eigenvalue weighted by Gasteiger charge is -2.29. The van der Waals surface area contributed by atoms with Gasteiger partial charge in [-0.2, -0.15) is 5.26 Å². The maximum atomic E-state index is 15.5. The summed E-state index contributed by atoms with van der Waals surface area (Å²) >= 11 is 6.21. The molecule has 178 valence electrons. The highest BCUT2D eigenvalue weighted by molar-refractivity contribution is 6.31. The van der Waals surface area contributed by atoms with Gasteiger partial charge in [0.25, 0.3) is 0 Å². The van der Waals surface area contributed by atoms with Crippen molar-refractivity contribution in [3.05, 3.63) is 64.8 Å². The lowest BCUT2D eigenvalue weighted by atomic mass is 10.0. The zero-order valence-electron chi connectivity index (χ0n) is 18.8. The summed E-state index contributed by atoms with van der Waals surface area (Å²) in [7, 11) is 0. The molecule has 2 aromatic carbocycles. The van der Waals surface area contributed by atoms with Crippen LogP contribution in [0.4, 0.5) is 36.5 Å². The van der Waals surface area contributed by atoms with Gasteiger partial charge in [-0.25, -0.2) is 18.6 Å². The monoisotopic (exact) mass is 494 g/mol. The van der Waals surface area contributed by atoms with E-state index in [9.17, 15) is 10.1 Å². The lowest BCUT2D eigenvalue weighted by molar-refractivity contribution is 0.253. The molecule has 0 radical (unpaired) electrons. The van der Waals surface area contributed by atoms with Gasteiger partial charge >= 0.3 is 6.03 Å². The molecule has 0 spiro atoms.